The Labute approximate surface area is 107 Å². The number of nitrogens with zero attached hydrogens (tertiary/aromatic N) is 2. The van der Waals surface area contributed by atoms with Crippen molar-refractivity contribution in [3.63, 3.8) is 0 Å². The predicted molar refractivity (Wildman–Crippen MR) is 66.5 cm³/mol. The van der Waals surface area contributed by atoms with Crippen molar-refractivity contribution < 1.29 is 9.47 Å². The molecule has 17 heavy (non-hydrogen) atoms. The Morgan fingerprint density at radius 3 is 2.94 bits per heavy atom. The van der Waals surface area contributed by atoms with Crippen LogP contribution in [0.2, 0.25) is 0 Å². The summed E-state index contributed by atoms with van der Waals surface area (Å²) in [5, 5.41) is 3.38. The van der Waals surface area contributed by atoms with E-state index in [1.165, 1.54) is 12.8 Å². The van der Waals surface area contributed by atoms with Crippen molar-refractivity contribution in [2.75, 3.05) is 20.3 Å². The van der Waals surface area contributed by atoms with E-state index in [2.05, 4.69) is 15.3 Å². The number of aromatic nitrogens is 2. The molecule has 1 fully saturated rings. The van der Waals surface area contributed by atoms with Gasteiger partial charge in [0.15, 0.2) is 0 Å². The zero-order valence-electron chi connectivity index (χ0n) is 9.89. The Morgan fingerprint density at radius 1 is 1.41 bits per heavy atom. The van der Waals surface area contributed by atoms with E-state index in [0.29, 0.717) is 18.5 Å². The van der Waals surface area contributed by atoms with Crippen LogP contribution in [0.5, 0.6) is 5.88 Å². The van der Waals surface area contributed by atoms with Crippen LogP contribution in [0.3, 0.4) is 0 Å². The van der Waals surface area contributed by atoms with Gasteiger partial charge in [0.05, 0.1) is 20.3 Å². The highest BCUT2D eigenvalue weighted by Gasteiger charge is 2.14. The van der Waals surface area contributed by atoms with Crippen molar-refractivity contribution in [1.29, 1.82) is 0 Å². The lowest BCUT2D eigenvalue weighted by Gasteiger charge is -2.11. The first-order valence-electron chi connectivity index (χ1n) is 5.55. The topological polar surface area (TPSA) is 56.3 Å². The molecule has 0 spiro atoms. The van der Waals surface area contributed by atoms with Crippen LogP contribution in [0.25, 0.3) is 0 Å². The van der Waals surface area contributed by atoms with Crippen molar-refractivity contribution in [3.05, 3.63) is 18.1 Å². The molecule has 0 amide bonds. The molecule has 96 valence electrons. The quantitative estimate of drug-likeness (QED) is 0.861. The summed E-state index contributed by atoms with van der Waals surface area (Å²) < 4.78 is 10.7. The minimum Gasteiger partial charge on any atom is -0.480 e. The number of methoxy groups -OCH3 is 1. The monoisotopic (exact) mass is 259 g/mol. The highest BCUT2D eigenvalue weighted by molar-refractivity contribution is 5.85. The molecular weight excluding hydrogens is 242 g/mol. The van der Waals surface area contributed by atoms with Crippen LogP contribution in [0.1, 0.15) is 18.5 Å². The first-order chi connectivity index (χ1) is 7.90. The zero-order valence-corrected chi connectivity index (χ0v) is 10.7. The van der Waals surface area contributed by atoms with Crippen molar-refractivity contribution in [2.24, 2.45) is 0 Å². The van der Waals surface area contributed by atoms with Crippen LogP contribution in [0, 0.1) is 0 Å². The van der Waals surface area contributed by atoms with E-state index in [4.69, 9.17) is 9.47 Å². The molecule has 5 nitrogen and oxygen atoms in total. The fourth-order valence-corrected chi connectivity index (χ4v) is 1.82. The first kappa shape index (κ1) is 14.2. The molecule has 0 bridgehead atoms. The first-order valence-corrected chi connectivity index (χ1v) is 5.55. The molecule has 0 saturated carbocycles. The highest BCUT2D eigenvalue weighted by Crippen LogP contribution is 2.12. The molecule has 1 N–H and O–H groups in total. The molecule has 1 aromatic heterocycles. The lowest BCUT2D eigenvalue weighted by atomic mass is 10.2. The van der Waals surface area contributed by atoms with Crippen LogP contribution in [-0.4, -0.2) is 36.3 Å². The van der Waals surface area contributed by atoms with Crippen LogP contribution in [0.15, 0.2) is 12.4 Å². The van der Waals surface area contributed by atoms with E-state index < -0.39 is 0 Å². The summed E-state index contributed by atoms with van der Waals surface area (Å²) in [4.78, 5) is 8.25. The Hall–Kier alpha value is -0.910. The summed E-state index contributed by atoms with van der Waals surface area (Å²) in [6.07, 6.45) is 5.69. The van der Waals surface area contributed by atoms with Gasteiger partial charge in [-0.25, -0.2) is 4.98 Å². The van der Waals surface area contributed by atoms with Crippen LogP contribution >= 0.6 is 12.4 Å². The molecule has 1 aliphatic rings. The highest BCUT2D eigenvalue weighted by atomic mass is 35.5. The largest absolute Gasteiger partial charge is 0.480 e. The molecular formula is C11H18ClN3O2. The Balaban J connectivity index is 0.00000144. The molecule has 1 atom stereocenters. The van der Waals surface area contributed by atoms with E-state index in [1.807, 2.05) is 0 Å². The van der Waals surface area contributed by atoms with Gasteiger partial charge in [0.2, 0.25) is 5.88 Å². The molecule has 6 heteroatoms. The van der Waals surface area contributed by atoms with Gasteiger partial charge in [0, 0.05) is 18.4 Å². The lowest BCUT2D eigenvalue weighted by Crippen LogP contribution is -2.26. The minimum absolute atomic E-state index is 0. The lowest BCUT2D eigenvalue weighted by molar-refractivity contribution is 0.0987. The summed E-state index contributed by atoms with van der Waals surface area (Å²) in [6.45, 7) is 2.28. The Bertz CT molecular complexity index is 332. The number of hydrogen-bond acceptors (Lipinski definition) is 5. The van der Waals surface area contributed by atoms with Crippen LogP contribution < -0.4 is 10.1 Å². The molecule has 2 heterocycles. The van der Waals surface area contributed by atoms with Crippen molar-refractivity contribution in [3.8, 4) is 5.88 Å². The number of nitrogens with one attached hydrogen (secondary N) is 1. The second-order valence-electron chi connectivity index (χ2n) is 3.82. The number of ether oxygens (including phenoxy) is 2. The van der Waals surface area contributed by atoms with E-state index in [-0.39, 0.29) is 12.4 Å². The summed E-state index contributed by atoms with van der Waals surface area (Å²) in [5.41, 5.74) is 0.753. The Morgan fingerprint density at radius 2 is 2.24 bits per heavy atom. The van der Waals surface area contributed by atoms with Crippen LogP contribution in [0.4, 0.5) is 0 Å². The minimum atomic E-state index is 0. The summed E-state index contributed by atoms with van der Waals surface area (Å²) in [6, 6.07) is 0.489. The fraction of sp³-hybridized carbons (Fsp3) is 0.636. The van der Waals surface area contributed by atoms with Gasteiger partial charge in [0.25, 0.3) is 0 Å². The molecule has 1 unspecified atom stereocenters. The van der Waals surface area contributed by atoms with Crippen molar-refractivity contribution in [2.45, 2.75) is 25.5 Å². The van der Waals surface area contributed by atoms with Gasteiger partial charge < -0.3 is 14.8 Å². The molecule has 1 aromatic rings. The fourth-order valence-electron chi connectivity index (χ4n) is 1.82. The third-order valence-corrected chi connectivity index (χ3v) is 2.65. The van der Waals surface area contributed by atoms with Crippen molar-refractivity contribution >= 4 is 12.4 Å². The standard InChI is InChI=1S/C11H17N3O2.ClH/c1-15-11-10(13-5-6-14-11)8-16-7-9-3-2-4-12-9;/h5-6,9,12H,2-4,7-8H2,1H3;1H. The SMILES string of the molecule is COc1nccnc1COCC1CCCN1.Cl. The van der Waals surface area contributed by atoms with E-state index in [0.717, 1.165) is 18.8 Å². The average Bonchev–Trinajstić information content (AvgIpc) is 2.83. The summed E-state index contributed by atoms with van der Waals surface area (Å²) in [5.74, 6) is 0.543. The molecule has 0 aromatic carbocycles. The third kappa shape index (κ3) is 4.11. The maximum Gasteiger partial charge on any atom is 0.237 e. The van der Waals surface area contributed by atoms with Gasteiger partial charge >= 0.3 is 0 Å². The van der Waals surface area contributed by atoms with Gasteiger partial charge in [0.1, 0.15) is 5.69 Å². The smallest absolute Gasteiger partial charge is 0.237 e. The number of hydrogen-bond donors (Lipinski definition) is 1. The Kier molecular flexibility index (Phi) is 6.18. The third-order valence-electron chi connectivity index (χ3n) is 2.65. The van der Waals surface area contributed by atoms with Gasteiger partial charge in [-0.3, -0.25) is 4.98 Å². The molecule has 0 radical (unpaired) electrons. The second-order valence-corrected chi connectivity index (χ2v) is 3.82. The normalized spacial score (nSPS) is 18.8. The van der Waals surface area contributed by atoms with E-state index in [9.17, 15) is 0 Å². The molecule has 2 rings (SSSR count). The second kappa shape index (κ2) is 7.42. The van der Waals surface area contributed by atoms with Gasteiger partial charge in [-0.05, 0) is 19.4 Å². The number of halogens is 1. The summed E-state index contributed by atoms with van der Waals surface area (Å²) >= 11 is 0. The van der Waals surface area contributed by atoms with E-state index >= 15 is 0 Å². The van der Waals surface area contributed by atoms with Gasteiger partial charge in [-0.1, -0.05) is 0 Å². The van der Waals surface area contributed by atoms with Crippen LogP contribution in [-0.2, 0) is 11.3 Å². The van der Waals surface area contributed by atoms with Crippen molar-refractivity contribution in [1.82, 2.24) is 15.3 Å². The number of rotatable bonds is 5. The van der Waals surface area contributed by atoms with E-state index in [1.54, 1.807) is 19.5 Å². The predicted octanol–water partition coefficient (Wildman–Crippen LogP) is 1.18. The molecule has 1 aliphatic heterocycles. The van der Waals surface area contributed by atoms with Gasteiger partial charge in [-0.15, -0.1) is 12.4 Å². The maximum atomic E-state index is 5.60. The summed E-state index contributed by atoms with van der Waals surface area (Å²) in [7, 11) is 1.59. The average molecular weight is 260 g/mol. The molecule has 1 saturated heterocycles. The van der Waals surface area contributed by atoms with Gasteiger partial charge in [-0.2, -0.15) is 0 Å². The molecule has 0 aliphatic carbocycles. The zero-order chi connectivity index (χ0) is 11.2. The maximum absolute atomic E-state index is 5.60.